The summed E-state index contributed by atoms with van der Waals surface area (Å²) in [6, 6.07) is 1.92. The monoisotopic (exact) mass is 274 g/mol. The van der Waals surface area contributed by atoms with E-state index in [1.54, 1.807) is 0 Å². The van der Waals surface area contributed by atoms with Gasteiger partial charge in [-0.2, -0.15) is 0 Å². The second-order valence-corrected chi connectivity index (χ2v) is 8.34. The summed E-state index contributed by atoms with van der Waals surface area (Å²) >= 11 is 1.45. The molecule has 0 radical (unpaired) electrons. The molecular weight excluding hydrogens is 256 g/mol. The number of aromatic nitrogens is 2. The Kier molecular flexibility index (Phi) is 4.55. The first-order chi connectivity index (χ1) is 7.68. The van der Waals surface area contributed by atoms with Gasteiger partial charge < -0.3 is 0 Å². The maximum Gasteiger partial charge on any atom is 0.148 e. The normalized spacial score (nSPS) is 12.7. The highest BCUT2D eigenvalue weighted by Crippen LogP contribution is 2.23. The van der Waals surface area contributed by atoms with Crippen molar-refractivity contribution in [2.45, 2.75) is 31.2 Å². The van der Waals surface area contributed by atoms with Gasteiger partial charge in [0.15, 0.2) is 0 Å². The topological polar surface area (TPSA) is 59.9 Å². The van der Waals surface area contributed by atoms with Gasteiger partial charge in [0.2, 0.25) is 0 Å². The van der Waals surface area contributed by atoms with Gasteiger partial charge in [0, 0.05) is 17.4 Å². The first kappa shape index (κ1) is 14.4. The number of rotatable bonds is 4. The molecule has 0 amide bonds. The third-order valence-electron chi connectivity index (χ3n) is 2.11. The van der Waals surface area contributed by atoms with Gasteiger partial charge in [-0.05, 0) is 6.07 Å². The van der Waals surface area contributed by atoms with Crippen LogP contribution in [-0.2, 0) is 15.3 Å². The Labute approximate surface area is 107 Å². The van der Waals surface area contributed by atoms with Crippen LogP contribution in [0.3, 0.4) is 0 Å². The molecule has 0 saturated carbocycles. The molecule has 0 aliphatic heterocycles. The molecule has 96 valence electrons. The second-order valence-electron chi connectivity index (χ2n) is 4.97. The molecule has 0 atom stereocenters. The molecular formula is C11H18N2O2S2. The molecule has 0 aromatic carbocycles. The first-order valence-electron chi connectivity index (χ1n) is 5.31. The van der Waals surface area contributed by atoms with E-state index in [1.165, 1.54) is 24.3 Å². The summed E-state index contributed by atoms with van der Waals surface area (Å²) in [5.74, 6) is 0.700. The van der Waals surface area contributed by atoms with Crippen LogP contribution in [-0.4, -0.2) is 36.1 Å². The summed E-state index contributed by atoms with van der Waals surface area (Å²) in [6.45, 7) is 6.25. The lowest BCUT2D eigenvalue weighted by Crippen LogP contribution is -2.13. The van der Waals surface area contributed by atoms with Gasteiger partial charge in [-0.25, -0.2) is 18.4 Å². The fraction of sp³-hybridized carbons (Fsp3) is 0.636. The molecule has 0 N–H and O–H groups in total. The molecule has 1 rings (SSSR count). The standard InChI is InChI=1S/C11H18N2O2S2/c1-11(2,3)9-7-10(13-8-12-9)16-5-6-17(4,14)15/h7-8H,5-6H2,1-4H3. The van der Waals surface area contributed by atoms with E-state index in [2.05, 4.69) is 30.7 Å². The molecule has 0 aliphatic rings. The van der Waals surface area contributed by atoms with Crippen LogP contribution in [0.5, 0.6) is 0 Å². The molecule has 1 aromatic heterocycles. The highest BCUT2D eigenvalue weighted by atomic mass is 32.2. The predicted molar refractivity (Wildman–Crippen MR) is 71.2 cm³/mol. The Hall–Kier alpha value is -0.620. The highest BCUT2D eigenvalue weighted by molar-refractivity contribution is 8.00. The van der Waals surface area contributed by atoms with E-state index in [4.69, 9.17) is 0 Å². The number of hydrogen-bond acceptors (Lipinski definition) is 5. The highest BCUT2D eigenvalue weighted by Gasteiger charge is 2.16. The quantitative estimate of drug-likeness (QED) is 0.620. The van der Waals surface area contributed by atoms with E-state index in [0.29, 0.717) is 5.75 Å². The third-order valence-corrected chi connectivity index (χ3v) is 4.25. The van der Waals surface area contributed by atoms with Crippen molar-refractivity contribution in [2.24, 2.45) is 0 Å². The average Bonchev–Trinajstić information content (AvgIpc) is 2.15. The average molecular weight is 274 g/mol. The summed E-state index contributed by atoms with van der Waals surface area (Å²) in [6.07, 6.45) is 2.78. The maximum absolute atomic E-state index is 11.0. The largest absolute Gasteiger partial charge is 0.241 e. The summed E-state index contributed by atoms with van der Waals surface area (Å²) < 4.78 is 22.0. The van der Waals surface area contributed by atoms with Gasteiger partial charge in [0.05, 0.1) is 16.5 Å². The second kappa shape index (κ2) is 5.35. The molecule has 1 heterocycles. The van der Waals surface area contributed by atoms with Gasteiger partial charge in [-0.15, -0.1) is 11.8 Å². The molecule has 0 saturated heterocycles. The van der Waals surface area contributed by atoms with Gasteiger partial charge in [-0.3, -0.25) is 0 Å². The van der Waals surface area contributed by atoms with E-state index in [0.717, 1.165) is 10.7 Å². The van der Waals surface area contributed by atoms with Gasteiger partial charge in [-0.1, -0.05) is 20.8 Å². The van der Waals surface area contributed by atoms with Crippen LogP contribution >= 0.6 is 11.8 Å². The minimum absolute atomic E-state index is 0.0188. The minimum Gasteiger partial charge on any atom is -0.241 e. The summed E-state index contributed by atoms with van der Waals surface area (Å²) in [7, 11) is -2.90. The van der Waals surface area contributed by atoms with Crippen LogP contribution in [0.15, 0.2) is 17.4 Å². The zero-order valence-corrected chi connectivity index (χ0v) is 12.2. The molecule has 0 spiro atoms. The van der Waals surface area contributed by atoms with E-state index < -0.39 is 9.84 Å². The Morgan fingerprint density at radius 3 is 2.47 bits per heavy atom. The molecule has 0 aliphatic carbocycles. The Morgan fingerprint density at radius 2 is 1.94 bits per heavy atom. The van der Waals surface area contributed by atoms with Gasteiger partial charge >= 0.3 is 0 Å². The fourth-order valence-corrected chi connectivity index (χ4v) is 3.20. The van der Waals surface area contributed by atoms with Crippen LogP contribution < -0.4 is 0 Å². The van der Waals surface area contributed by atoms with Crippen LogP contribution in [0, 0.1) is 0 Å². The summed E-state index contributed by atoms with van der Waals surface area (Å²) in [5.41, 5.74) is 0.948. The molecule has 1 aromatic rings. The lowest BCUT2D eigenvalue weighted by Gasteiger charge is -2.17. The number of nitrogens with zero attached hydrogens (tertiary/aromatic N) is 2. The zero-order chi connectivity index (χ0) is 13.1. The summed E-state index contributed by atoms with van der Waals surface area (Å²) in [4.78, 5) is 8.35. The van der Waals surface area contributed by atoms with Gasteiger partial charge in [0.1, 0.15) is 16.2 Å². The van der Waals surface area contributed by atoms with E-state index in [9.17, 15) is 8.42 Å². The fourth-order valence-electron chi connectivity index (χ4n) is 1.13. The zero-order valence-electron chi connectivity index (χ0n) is 10.6. The first-order valence-corrected chi connectivity index (χ1v) is 8.36. The third kappa shape index (κ3) is 5.50. The molecule has 0 fully saturated rings. The van der Waals surface area contributed by atoms with Crippen molar-refractivity contribution in [3.05, 3.63) is 18.1 Å². The van der Waals surface area contributed by atoms with Crippen molar-refractivity contribution in [3.8, 4) is 0 Å². The molecule has 4 nitrogen and oxygen atoms in total. The van der Waals surface area contributed by atoms with Crippen LogP contribution in [0.4, 0.5) is 0 Å². The Morgan fingerprint density at radius 1 is 1.29 bits per heavy atom. The van der Waals surface area contributed by atoms with Crippen LogP contribution in [0.1, 0.15) is 26.5 Å². The number of sulfone groups is 1. The minimum atomic E-state index is -2.90. The van der Waals surface area contributed by atoms with Crippen molar-refractivity contribution >= 4 is 21.6 Å². The van der Waals surface area contributed by atoms with E-state index in [1.807, 2.05) is 6.07 Å². The van der Waals surface area contributed by atoms with Crippen LogP contribution in [0.25, 0.3) is 0 Å². The molecule has 0 unspecified atom stereocenters. The smallest absolute Gasteiger partial charge is 0.148 e. The molecule has 0 bridgehead atoms. The van der Waals surface area contributed by atoms with Gasteiger partial charge in [0.25, 0.3) is 0 Å². The number of hydrogen-bond donors (Lipinski definition) is 0. The lowest BCUT2D eigenvalue weighted by atomic mass is 9.92. The van der Waals surface area contributed by atoms with E-state index >= 15 is 0 Å². The molecule has 17 heavy (non-hydrogen) atoms. The number of thioether (sulfide) groups is 1. The molecule has 6 heteroatoms. The van der Waals surface area contributed by atoms with Crippen molar-refractivity contribution in [2.75, 3.05) is 17.8 Å². The lowest BCUT2D eigenvalue weighted by molar-refractivity contribution is 0.563. The van der Waals surface area contributed by atoms with Crippen LogP contribution in [0.2, 0.25) is 0 Å². The van der Waals surface area contributed by atoms with E-state index in [-0.39, 0.29) is 11.2 Å². The van der Waals surface area contributed by atoms with Crippen molar-refractivity contribution < 1.29 is 8.42 Å². The van der Waals surface area contributed by atoms with Crippen molar-refractivity contribution in [1.82, 2.24) is 9.97 Å². The SMILES string of the molecule is CC(C)(C)c1cc(SCCS(C)(=O)=O)ncn1. The summed E-state index contributed by atoms with van der Waals surface area (Å²) in [5, 5.41) is 0.827. The van der Waals surface area contributed by atoms with Crippen molar-refractivity contribution in [3.63, 3.8) is 0 Å². The Bertz CT molecular complexity index is 478. The maximum atomic E-state index is 11.0. The van der Waals surface area contributed by atoms with Crippen molar-refractivity contribution in [1.29, 1.82) is 0 Å². The Balaban J connectivity index is 2.67. The predicted octanol–water partition coefficient (Wildman–Crippen LogP) is 1.91.